The van der Waals surface area contributed by atoms with Gasteiger partial charge >= 0.3 is 5.97 Å². The van der Waals surface area contributed by atoms with E-state index >= 15 is 0 Å². The summed E-state index contributed by atoms with van der Waals surface area (Å²) in [6.07, 6.45) is 19.5. The highest BCUT2D eigenvalue weighted by Crippen LogP contribution is 2.33. The number of benzene rings is 1. The van der Waals surface area contributed by atoms with E-state index in [-0.39, 0.29) is 11.5 Å². The second-order valence-corrected chi connectivity index (χ2v) is 14.9. The lowest BCUT2D eigenvalue weighted by atomic mass is 10.00. The van der Waals surface area contributed by atoms with Gasteiger partial charge in [-0.15, -0.1) is 0 Å². The molecule has 3 rings (SSSR count). The van der Waals surface area contributed by atoms with Gasteiger partial charge < -0.3 is 31.6 Å². The number of aromatic nitrogens is 1. The van der Waals surface area contributed by atoms with Crippen molar-refractivity contribution < 1.29 is 24.3 Å². The first-order valence-electron chi connectivity index (χ1n) is 19.2. The van der Waals surface area contributed by atoms with Crippen molar-refractivity contribution >= 4 is 59.0 Å². The third-order valence-corrected chi connectivity index (χ3v) is 9.36. The third kappa shape index (κ3) is 23.3. The normalized spacial score (nSPS) is 11.0. The molecule has 1 aliphatic heterocycles. The van der Waals surface area contributed by atoms with E-state index in [2.05, 4.69) is 41.6 Å². The number of hydrogen-bond donors (Lipinski definition) is 5. The van der Waals surface area contributed by atoms with Crippen molar-refractivity contribution in [1.29, 1.82) is 0 Å². The first-order valence-corrected chi connectivity index (χ1v) is 21.7. The van der Waals surface area contributed by atoms with Crippen molar-refractivity contribution in [2.45, 2.75) is 128 Å². The number of nitrogens with two attached hydrogens (primary N) is 1. The molecule has 1 aromatic heterocycles. The van der Waals surface area contributed by atoms with Gasteiger partial charge in [-0.2, -0.15) is 11.8 Å². The van der Waals surface area contributed by atoms with Crippen LogP contribution in [0.1, 0.15) is 120 Å². The number of nitrogens with zero attached hydrogens (tertiary/aromatic N) is 1. The number of aliphatic carboxylic acids is 1. The number of carbonyl (C=O) groups is 3. The molecule has 0 radical (unpaired) electrons. The van der Waals surface area contributed by atoms with Crippen LogP contribution >= 0.6 is 23.5 Å². The number of ketones is 1. The van der Waals surface area contributed by atoms with Gasteiger partial charge in [0.15, 0.2) is 5.94 Å². The molecule has 0 amide bonds. The van der Waals surface area contributed by atoms with E-state index in [4.69, 9.17) is 15.8 Å². The number of aldehydes is 1. The van der Waals surface area contributed by atoms with E-state index in [1.54, 1.807) is 17.7 Å². The number of anilines is 2. The predicted octanol–water partition coefficient (Wildman–Crippen LogP) is 8.79. The number of unbranched alkanes of at least 4 members (excludes halogenated alkanes) is 6. The fourth-order valence-electron chi connectivity index (χ4n) is 5.39. The Morgan fingerprint density at radius 3 is 2.30 bits per heavy atom. The Morgan fingerprint density at radius 2 is 1.70 bits per heavy atom. The van der Waals surface area contributed by atoms with Crippen LogP contribution in [0.2, 0.25) is 0 Å². The summed E-state index contributed by atoms with van der Waals surface area (Å²) in [5.41, 5.74) is 11.8. The summed E-state index contributed by atoms with van der Waals surface area (Å²) in [4.78, 5) is 47.8. The number of carboxylic acids is 1. The summed E-state index contributed by atoms with van der Waals surface area (Å²) >= 11 is 3.16. The molecular formula is C42H67N5O5S2. The average Bonchev–Trinajstić information content (AvgIpc) is 3.17. The number of nitrogens with one attached hydrogen (secondary N) is 3. The molecule has 0 saturated carbocycles. The van der Waals surface area contributed by atoms with Crippen LogP contribution in [0.5, 0.6) is 0 Å². The minimum absolute atomic E-state index is 0.0670. The molecule has 2 aromatic rings. The van der Waals surface area contributed by atoms with Gasteiger partial charge in [-0.05, 0) is 99.4 Å². The van der Waals surface area contributed by atoms with E-state index in [1.165, 1.54) is 53.4 Å². The number of rotatable bonds is 22. The molecule has 0 saturated heterocycles. The van der Waals surface area contributed by atoms with Gasteiger partial charge in [0.1, 0.15) is 23.6 Å². The number of hydrogen-bond acceptors (Lipinski definition) is 11. The van der Waals surface area contributed by atoms with E-state index in [0.717, 1.165) is 93.6 Å². The Bertz CT molecular complexity index is 1450. The second-order valence-electron chi connectivity index (χ2n) is 12.9. The van der Waals surface area contributed by atoms with Crippen LogP contribution in [-0.2, 0) is 45.0 Å². The summed E-state index contributed by atoms with van der Waals surface area (Å²) in [5, 5.41) is 18.4. The number of Topliss-reactive ketones (excluding diaryl/α,β-unsaturated/α-hetero) is 1. The molecular weight excluding hydrogens is 719 g/mol. The molecule has 0 atom stereocenters. The molecule has 10 nitrogen and oxygen atoms in total. The summed E-state index contributed by atoms with van der Waals surface area (Å²) in [5.74, 6) is 2.33. The van der Waals surface area contributed by atoms with Gasteiger partial charge in [-0.3, -0.25) is 9.59 Å². The number of thioether (sulfide) groups is 2. The number of fused-ring (bicyclic) bond motifs is 1. The molecule has 0 aliphatic carbocycles. The molecule has 1 aliphatic rings. The molecule has 0 unspecified atom stereocenters. The fourth-order valence-corrected chi connectivity index (χ4v) is 6.29. The van der Waals surface area contributed by atoms with Gasteiger partial charge in [0.05, 0.1) is 0 Å². The number of aryl methyl sites for hydroxylation is 3. The van der Waals surface area contributed by atoms with E-state index in [1.807, 2.05) is 45.7 Å². The standard InChI is InChI=1S/C19H31N3O2.C14H18N2OS.C7H12O2.C2H6S/c1-20-14-16-13-15-9-8-12-21-19(15)22-17(16)10-6-4-2-3-5-7-11-18(23)24;1-4-5-11-6-7-12(16-3)8-14(11)18-10(2)13(15)9-17;1-2-7(9)5-3-4-6-8;1-3-2/h13,20H,2-12,14H2,1H3,(H,21,22)(H,23,24);6-8,16H,2,4-5,15H2,1,3H3;6H,2-5H2,1H3;1-2H3. The lowest BCUT2D eigenvalue weighted by molar-refractivity contribution is -0.137. The molecule has 6 N–H and O–H groups in total. The van der Waals surface area contributed by atoms with Crippen LogP contribution in [0.3, 0.4) is 0 Å². The molecule has 54 heavy (non-hydrogen) atoms. The lowest BCUT2D eigenvalue weighted by Gasteiger charge is -2.20. The van der Waals surface area contributed by atoms with Crippen LogP contribution in [0.25, 0.3) is 0 Å². The monoisotopic (exact) mass is 785 g/mol. The SMILES string of the molecule is C=C(Sc1cc(NC)ccc1CCC)C(N)=C=O.CCC(=O)CCCC=O.CNCc1cc2c(nc1CCCCCCCCC(=O)O)NCCC2.CSC. The van der Waals surface area contributed by atoms with Crippen molar-refractivity contribution in [3.05, 3.63) is 63.8 Å². The van der Waals surface area contributed by atoms with Crippen molar-refractivity contribution in [1.82, 2.24) is 10.3 Å². The number of carbonyl (C=O) groups excluding carboxylic acids is 3. The Kier molecular flexibility index (Phi) is 30.7. The maximum absolute atomic E-state index is 10.6. The topological polar surface area (TPSA) is 164 Å². The van der Waals surface area contributed by atoms with Crippen molar-refractivity contribution in [3.63, 3.8) is 0 Å². The molecule has 2 heterocycles. The van der Waals surface area contributed by atoms with E-state index < -0.39 is 5.97 Å². The first-order chi connectivity index (χ1) is 26.0. The smallest absolute Gasteiger partial charge is 0.303 e. The lowest BCUT2D eigenvalue weighted by Crippen LogP contribution is -2.17. The summed E-state index contributed by atoms with van der Waals surface area (Å²) < 4.78 is 0. The Balaban J connectivity index is 0.000000822. The molecule has 0 bridgehead atoms. The molecule has 1 aromatic carbocycles. The number of carboxylic acid groups (broad SMARTS) is 1. The quantitative estimate of drug-likeness (QED) is 0.0254. The minimum atomic E-state index is -0.681. The largest absolute Gasteiger partial charge is 0.481 e. The third-order valence-electron chi connectivity index (χ3n) is 8.30. The summed E-state index contributed by atoms with van der Waals surface area (Å²) in [6.45, 7) is 9.67. The van der Waals surface area contributed by atoms with Crippen LogP contribution in [0, 0.1) is 0 Å². The van der Waals surface area contributed by atoms with Crippen molar-refractivity contribution in [2.24, 2.45) is 5.73 Å². The summed E-state index contributed by atoms with van der Waals surface area (Å²) in [7, 11) is 3.86. The maximum atomic E-state index is 10.6. The van der Waals surface area contributed by atoms with Crippen LogP contribution in [-0.4, -0.2) is 67.2 Å². The maximum Gasteiger partial charge on any atom is 0.303 e. The van der Waals surface area contributed by atoms with E-state index in [0.29, 0.717) is 30.6 Å². The summed E-state index contributed by atoms with van der Waals surface area (Å²) in [6, 6.07) is 8.49. The van der Waals surface area contributed by atoms with Crippen LogP contribution < -0.4 is 21.7 Å². The fraction of sp³-hybridized carbons (Fsp3) is 0.571. The highest BCUT2D eigenvalue weighted by atomic mass is 32.2. The van der Waals surface area contributed by atoms with Gasteiger partial charge in [-0.25, -0.2) is 9.78 Å². The molecule has 12 heteroatoms. The molecule has 0 spiro atoms. The zero-order valence-electron chi connectivity index (χ0n) is 33.7. The highest BCUT2D eigenvalue weighted by Gasteiger charge is 2.14. The average molecular weight is 786 g/mol. The van der Waals surface area contributed by atoms with Crippen LogP contribution in [0.4, 0.5) is 11.5 Å². The van der Waals surface area contributed by atoms with Crippen molar-refractivity contribution in [3.8, 4) is 0 Å². The van der Waals surface area contributed by atoms with Crippen molar-refractivity contribution in [2.75, 3.05) is 43.8 Å². The zero-order chi connectivity index (χ0) is 40.6. The second kappa shape index (κ2) is 32.8. The van der Waals surface area contributed by atoms with Gasteiger partial charge in [-0.1, -0.05) is 70.4 Å². The predicted molar refractivity (Wildman–Crippen MR) is 230 cm³/mol. The molecule has 302 valence electrons. The zero-order valence-corrected chi connectivity index (χ0v) is 35.4. The Labute approximate surface area is 333 Å². The molecule has 0 fully saturated rings. The van der Waals surface area contributed by atoms with Crippen LogP contribution in [0.15, 0.2) is 46.3 Å². The highest BCUT2D eigenvalue weighted by molar-refractivity contribution is 8.03. The minimum Gasteiger partial charge on any atom is -0.481 e. The Hall–Kier alpha value is -3.57. The van der Waals surface area contributed by atoms with Gasteiger partial charge in [0, 0.05) is 67.0 Å². The number of pyridine rings is 1. The van der Waals surface area contributed by atoms with Gasteiger partial charge in [0.25, 0.3) is 0 Å². The first kappa shape index (κ1) is 50.4. The Morgan fingerprint density at radius 1 is 1.02 bits per heavy atom. The van der Waals surface area contributed by atoms with E-state index in [9.17, 15) is 19.2 Å². The van der Waals surface area contributed by atoms with Gasteiger partial charge in [0.2, 0.25) is 0 Å².